The first-order chi connectivity index (χ1) is 7.03. The van der Waals surface area contributed by atoms with E-state index >= 15 is 0 Å². The van der Waals surface area contributed by atoms with E-state index in [0.717, 1.165) is 12.8 Å². The highest BCUT2D eigenvalue weighted by Gasteiger charge is 2.45. The summed E-state index contributed by atoms with van der Waals surface area (Å²) >= 11 is 0. The Labute approximate surface area is 89.3 Å². The second kappa shape index (κ2) is 3.74. The van der Waals surface area contributed by atoms with Crippen molar-refractivity contribution in [3.05, 3.63) is 0 Å². The largest absolute Gasteiger partial charge is 0.390 e. The van der Waals surface area contributed by atoms with Gasteiger partial charge in [0, 0.05) is 12.5 Å². The molecule has 0 radical (unpaired) electrons. The predicted octanol–water partition coefficient (Wildman–Crippen LogP) is 1.11. The van der Waals surface area contributed by atoms with Crippen LogP contribution in [0, 0.1) is 5.92 Å². The van der Waals surface area contributed by atoms with Crippen molar-refractivity contribution < 1.29 is 14.3 Å². The third-order valence-corrected chi connectivity index (χ3v) is 3.56. The highest BCUT2D eigenvalue weighted by Crippen LogP contribution is 2.39. The van der Waals surface area contributed by atoms with Gasteiger partial charge in [0.05, 0.1) is 11.6 Å². The fraction of sp³-hybridized carbons (Fsp3) is 0.909. The molecule has 1 amide bonds. The Morgan fingerprint density at radius 3 is 2.80 bits per heavy atom. The quantitative estimate of drug-likeness (QED) is 0.749. The SMILES string of the molecule is CC1(O)CC(C(=O)N2CCCC2CF)C1. The minimum absolute atomic E-state index is 0.0432. The molecule has 2 rings (SSSR count). The summed E-state index contributed by atoms with van der Waals surface area (Å²) in [7, 11) is 0. The lowest BCUT2D eigenvalue weighted by molar-refractivity contribution is -0.150. The number of hydrogen-bond acceptors (Lipinski definition) is 2. The van der Waals surface area contributed by atoms with Crippen molar-refractivity contribution in [2.75, 3.05) is 13.2 Å². The number of alkyl halides is 1. The van der Waals surface area contributed by atoms with E-state index in [0.29, 0.717) is 19.4 Å². The fourth-order valence-electron chi connectivity index (χ4n) is 2.70. The summed E-state index contributed by atoms with van der Waals surface area (Å²) in [5.41, 5.74) is -0.675. The van der Waals surface area contributed by atoms with E-state index in [9.17, 15) is 14.3 Å². The first-order valence-corrected chi connectivity index (χ1v) is 5.62. The second-order valence-corrected chi connectivity index (χ2v) is 5.08. The lowest BCUT2D eigenvalue weighted by atomic mass is 9.71. The van der Waals surface area contributed by atoms with Crippen LogP contribution < -0.4 is 0 Å². The van der Waals surface area contributed by atoms with Crippen molar-refractivity contribution in [3.8, 4) is 0 Å². The molecule has 0 aromatic rings. The van der Waals surface area contributed by atoms with Gasteiger partial charge in [-0.1, -0.05) is 0 Å². The van der Waals surface area contributed by atoms with Crippen molar-refractivity contribution in [1.29, 1.82) is 0 Å². The maximum Gasteiger partial charge on any atom is 0.226 e. The molecule has 1 heterocycles. The summed E-state index contributed by atoms with van der Waals surface area (Å²) < 4.78 is 12.6. The minimum Gasteiger partial charge on any atom is -0.390 e. The standard InChI is InChI=1S/C11H18FNO2/c1-11(15)5-8(6-11)10(14)13-4-2-3-9(13)7-12/h8-9,15H,2-7H2,1H3. The van der Waals surface area contributed by atoms with Gasteiger partial charge < -0.3 is 10.0 Å². The van der Waals surface area contributed by atoms with Gasteiger partial charge in [-0.05, 0) is 32.6 Å². The summed E-state index contributed by atoms with van der Waals surface area (Å²) in [6, 6.07) is -0.206. The molecule has 3 nitrogen and oxygen atoms in total. The number of amides is 1. The second-order valence-electron chi connectivity index (χ2n) is 5.08. The molecule has 0 spiro atoms. The van der Waals surface area contributed by atoms with Crippen molar-refractivity contribution in [2.45, 2.75) is 44.2 Å². The van der Waals surface area contributed by atoms with Gasteiger partial charge in [0.1, 0.15) is 6.67 Å². The summed E-state index contributed by atoms with van der Waals surface area (Å²) in [4.78, 5) is 13.6. The third kappa shape index (κ3) is 2.00. The molecule has 1 saturated carbocycles. The number of carbonyl (C=O) groups excluding carboxylic acids is 1. The lowest BCUT2D eigenvalue weighted by Gasteiger charge is -2.42. The molecule has 0 aromatic carbocycles. The molecule has 1 N–H and O–H groups in total. The molecule has 0 aromatic heterocycles. The summed E-state index contributed by atoms with van der Waals surface area (Å²) in [5.74, 6) is -0.0335. The minimum atomic E-state index is -0.675. The lowest BCUT2D eigenvalue weighted by Crippen LogP contribution is -2.50. The predicted molar refractivity (Wildman–Crippen MR) is 54.1 cm³/mol. The van der Waals surface area contributed by atoms with Crippen LogP contribution in [-0.2, 0) is 4.79 Å². The molecule has 2 aliphatic rings. The van der Waals surface area contributed by atoms with Crippen molar-refractivity contribution in [1.82, 2.24) is 4.90 Å². The molecule has 1 atom stereocenters. The number of hydrogen-bond donors (Lipinski definition) is 1. The Morgan fingerprint density at radius 1 is 1.60 bits per heavy atom. The van der Waals surface area contributed by atoms with Gasteiger partial charge in [0.15, 0.2) is 0 Å². The topological polar surface area (TPSA) is 40.5 Å². The van der Waals surface area contributed by atoms with Crippen LogP contribution in [0.3, 0.4) is 0 Å². The molecule has 1 unspecified atom stereocenters. The average molecular weight is 215 g/mol. The molecular weight excluding hydrogens is 197 g/mol. The van der Waals surface area contributed by atoms with Gasteiger partial charge in [0.25, 0.3) is 0 Å². The Morgan fingerprint density at radius 2 is 2.27 bits per heavy atom. The molecule has 1 aliphatic carbocycles. The van der Waals surface area contributed by atoms with E-state index in [1.165, 1.54) is 0 Å². The average Bonchev–Trinajstić information content (AvgIpc) is 2.60. The molecule has 15 heavy (non-hydrogen) atoms. The van der Waals surface area contributed by atoms with Crippen LogP contribution in [0.5, 0.6) is 0 Å². The Balaban J connectivity index is 1.91. The zero-order valence-corrected chi connectivity index (χ0v) is 9.08. The molecule has 2 fully saturated rings. The van der Waals surface area contributed by atoms with Crippen molar-refractivity contribution in [3.63, 3.8) is 0 Å². The van der Waals surface area contributed by atoms with Gasteiger partial charge in [-0.25, -0.2) is 4.39 Å². The fourth-order valence-corrected chi connectivity index (χ4v) is 2.70. The van der Waals surface area contributed by atoms with Crippen LogP contribution in [0.2, 0.25) is 0 Å². The Kier molecular flexibility index (Phi) is 2.71. The number of likely N-dealkylation sites (tertiary alicyclic amines) is 1. The van der Waals surface area contributed by atoms with Gasteiger partial charge in [-0.3, -0.25) is 4.79 Å². The van der Waals surface area contributed by atoms with Gasteiger partial charge in [-0.2, -0.15) is 0 Å². The van der Waals surface area contributed by atoms with Crippen molar-refractivity contribution in [2.24, 2.45) is 5.92 Å². The third-order valence-electron chi connectivity index (χ3n) is 3.56. The first kappa shape index (κ1) is 10.9. The van der Waals surface area contributed by atoms with Crippen LogP contribution in [0.25, 0.3) is 0 Å². The van der Waals surface area contributed by atoms with Crippen LogP contribution in [0.4, 0.5) is 4.39 Å². The number of rotatable bonds is 2. The van der Waals surface area contributed by atoms with E-state index in [2.05, 4.69) is 0 Å². The smallest absolute Gasteiger partial charge is 0.226 e. The summed E-state index contributed by atoms with van der Waals surface area (Å²) in [5, 5.41) is 9.55. The van der Waals surface area contributed by atoms with Gasteiger partial charge >= 0.3 is 0 Å². The van der Waals surface area contributed by atoms with E-state index in [4.69, 9.17) is 0 Å². The monoisotopic (exact) mass is 215 g/mol. The number of halogens is 1. The highest BCUT2D eigenvalue weighted by atomic mass is 19.1. The molecule has 86 valence electrons. The zero-order chi connectivity index (χ0) is 11.1. The van der Waals surface area contributed by atoms with Crippen LogP contribution in [0.15, 0.2) is 0 Å². The summed E-state index contributed by atoms with van der Waals surface area (Å²) in [6.07, 6.45) is 2.75. The van der Waals surface area contributed by atoms with E-state index in [-0.39, 0.29) is 17.9 Å². The van der Waals surface area contributed by atoms with E-state index in [1.807, 2.05) is 0 Å². The molecular formula is C11H18FNO2. The molecule has 1 saturated heterocycles. The first-order valence-electron chi connectivity index (χ1n) is 5.62. The number of nitrogens with zero attached hydrogens (tertiary/aromatic N) is 1. The molecule has 1 aliphatic heterocycles. The Hall–Kier alpha value is -0.640. The molecule has 0 bridgehead atoms. The number of aliphatic hydroxyl groups is 1. The number of carbonyl (C=O) groups is 1. The Bertz CT molecular complexity index is 259. The van der Waals surface area contributed by atoms with E-state index < -0.39 is 12.3 Å². The highest BCUT2D eigenvalue weighted by molar-refractivity contribution is 5.80. The van der Waals surface area contributed by atoms with Gasteiger partial charge in [-0.15, -0.1) is 0 Å². The maximum absolute atomic E-state index is 12.6. The normalized spacial score (nSPS) is 40.3. The summed E-state index contributed by atoms with van der Waals surface area (Å²) in [6.45, 7) is 1.99. The zero-order valence-electron chi connectivity index (χ0n) is 9.08. The maximum atomic E-state index is 12.6. The van der Waals surface area contributed by atoms with Crippen LogP contribution in [-0.4, -0.2) is 40.8 Å². The van der Waals surface area contributed by atoms with E-state index in [1.54, 1.807) is 11.8 Å². The van der Waals surface area contributed by atoms with Crippen LogP contribution in [0.1, 0.15) is 32.6 Å². The van der Waals surface area contributed by atoms with Crippen LogP contribution >= 0.6 is 0 Å². The van der Waals surface area contributed by atoms with Crippen molar-refractivity contribution >= 4 is 5.91 Å². The molecule has 4 heteroatoms. The van der Waals surface area contributed by atoms with Gasteiger partial charge in [0.2, 0.25) is 5.91 Å².